The summed E-state index contributed by atoms with van der Waals surface area (Å²) in [6.07, 6.45) is -4.91. The fourth-order valence-electron chi connectivity index (χ4n) is 15.8. The van der Waals surface area contributed by atoms with Crippen LogP contribution in [0, 0.1) is 35.5 Å². The number of ether oxygens (including phenoxy) is 7. The Labute approximate surface area is 793 Å². The van der Waals surface area contributed by atoms with Crippen molar-refractivity contribution < 1.29 is 148 Å². The third-order valence-corrected chi connectivity index (χ3v) is 25.1. The lowest BCUT2D eigenvalue weighted by Crippen LogP contribution is -2.59. The van der Waals surface area contributed by atoms with Gasteiger partial charge in [0.25, 0.3) is 0 Å². The quantitative estimate of drug-likeness (QED) is 0.0191. The second kappa shape index (κ2) is 57.5. The van der Waals surface area contributed by atoms with Gasteiger partial charge in [-0.25, -0.2) is 9.36 Å². The average molecular weight is 1970 g/mol. The number of carboxylic acid groups (broad SMARTS) is 1. The maximum atomic E-state index is 14.7. The Balaban J connectivity index is 1.10. The molecule has 0 bridgehead atoms. The maximum absolute atomic E-state index is 14.7. The standard InChI is InChI=1S/C89H142N14O31P2/c1-18-54(8)77(101(15)88(119)75(52(4)5)99-86(117)76(53(6)7)100(13)14)67(126-16)48-71(107)102-34-22-25-65(102)78(127-17)56(10)80(111)92-57(11)79(60-23-20-19-21-24-60)134-136(124,125)133-50-59-26-28-61(29-27-59)94-81(112)58(12)93-85(116)74(51(2)3)98-83(114)64(47-73(109)110)97-82(113)63(46-70(106)95-62-30-36-132-89(62)120)96-69(105)31-35-128-38-40-130-42-43-131-41-39-129-37-33-90-84(115)66(103-72(108)45-55(9)87(103)118)49-91-68(104)32-44-135(121,122)123/h19-21,23-24,26-29,51-58,62-67,74-79H,18,22,25,30-50H2,1-17H3,(H,90,115)(H,91,104)(H,92,111)(H,93,116)(H,94,112)(H,95,106)(H,96,105)(H,97,113)(H,98,114)(H,99,117)(H,109,110)(H,124,125)(H2,121,122,123)/t54-,55?,56+,57+,58-,62-,63-,64-,65-,66-,67+,74-,75-,76-,77-,78+,79+/m0/s1. The summed E-state index contributed by atoms with van der Waals surface area (Å²) < 4.78 is 75.5. The first-order chi connectivity index (χ1) is 64.0. The number of methoxy groups -OCH3 is 2. The van der Waals surface area contributed by atoms with Gasteiger partial charge in [0.2, 0.25) is 82.7 Å². The van der Waals surface area contributed by atoms with Crippen LogP contribution in [0.3, 0.4) is 0 Å². The van der Waals surface area contributed by atoms with Crippen LogP contribution in [0.2, 0.25) is 0 Å². The van der Waals surface area contributed by atoms with Crippen molar-refractivity contribution in [2.45, 2.75) is 239 Å². The van der Waals surface area contributed by atoms with Gasteiger partial charge in [0.15, 0.2) is 0 Å². The molecule has 0 saturated carbocycles. The number of amides is 14. The molecule has 0 radical (unpaired) electrons. The normalized spacial score (nSPS) is 18.7. The summed E-state index contributed by atoms with van der Waals surface area (Å²) in [5, 5.41) is 35.4. The molecule has 18 atom stereocenters. The number of carbonyl (C=O) groups excluding carboxylic acids is 15. The van der Waals surface area contributed by atoms with Crippen LogP contribution < -0.4 is 53.2 Å². The third kappa shape index (κ3) is 38.1. The van der Waals surface area contributed by atoms with Gasteiger partial charge in [0.05, 0.1) is 134 Å². The first-order valence-corrected chi connectivity index (χ1v) is 49.0. The molecule has 0 aliphatic carbocycles. The van der Waals surface area contributed by atoms with E-state index in [1.807, 2.05) is 60.5 Å². The number of phosphoric ester groups is 1. The van der Waals surface area contributed by atoms with Crippen molar-refractivity contribution in [3.8, 4) is 0 Å². The summed E-state index contributed by atoms with van der Waals surface area (Å²) in [5.74, 6) is -15.2. The number of benzene rings is 2. The molecule has 3 aliphatic rings. The predicted octanol–water partition coefficient (Wildman–Crippen LogP) is 1.08. The van der Waals surface area contributed by atoms with E-state index in [4.69, 9.17) is 52.0 Å². The molecule has 764 valence electrons. The molecule has 5 rings (SSSR count). The number of nitrogens with zero attached hydrogens (tertiary/aromatic N) is 4. The van der Waals surface area contributed by atoms with E-state index in [9.17, 15) is 95.8 Å². The van der Waals surface area contributed by atoms with Gasteiger partial charge in [-0.3, -0.25) is 95.3 Å². The highest BCUT2D eigenvalue weighted by Crippen LogP contribution is 2.50. The van der Waals surface area contributed by atoms with Crippen LogP contribution in [0.1, 0.15) is 165 Å². The molecule has 136 heavy (non-hydrogen) atoms. The lowest BCUT2D eigenvalue weighted by atomic mass is 9.89. The number of likely N-dealkylation sites (tertiary alicyclic amines) is 2. The zero-order valence-electron chi connectivity index (χ0n) is 80.7. The molecule has 2 unspecified atom stereocenters. The highest BCUT2D eigenvalue weighted by molar-refractivity contribution is 7.51. The number of carbonyl (C=O) groups is 16. The Hall–Kier alpha value is -9.86. The fraction of sp³-hybridized carbons (Fsp3) is 0.685. The van der Waals surface area contributed by atoms with Crippen LogP contribution in [0.4, 0.5) is 5.69 Å². The lowest BCUT2D eigenvalue weighted by Gasteiger charge is -2.41. The molecule has 0 aromatic heterocycles. The van der Waals surface area contributed by atoms with Gasteiger partial charge in [-0.1, -0.05) is 118 Å². The van der Waals surface area contributed by atoms with Gasteiger partial charge in [-0.15, -0.1) is 0 Å². The molecule has 14 N–H and O–H groups in total. The summed E-state index contributed by atoms with van der Waals surface area (Å²) in [6, 6.07) is 1.66. The lowest BCUT2D eigenvalue weighted by molar-refractivity contribution is -0.148. The molecule has 14 amide bonds. The van der Waals surface area contributed by atoms with Crippen molar-refractivity contribution in [1.82, 2.24) is 67.5 Å². The number of hydrogen-bond acceptors (Lipinski definition) is 28. The van der Waals surface area contributed by atoms with Gasteiger partial charge in [-0.05, 0) is 87.7 Å². The number of phosphoric acid groups is 1. The molecule has 3 heterocycles. The van der Waals surface area contributed by atoms with E-state index in [0.29, 0.717) is 36.9 Å². The number of anilines is 1. The van der Waals surface area contributed by atoms with Crippen molar-refractivity contribution in [1.29, 1.82) is 0 Å². The van der Waals surface area contributed by atoms with Crippen LogP contribution in [-0.2, 0) is 135 Å². The highest BCUT2D eigenvalue weighted by Gasteiger charge is 2.47. The van der Waals surface area contributed by atoms with E-state index in [1.165, 1.54) is 66.2 Å². The van der Waals surface area contributed by atoms with Crippen LogP contribution >= 0.6 is 15.4 Å². The van der Waals surface area contributed by atoms with E-state index >= 15 is 0 Å². The number of aliphatic carboxylic acids is 1. The topological polar surface area (TPSA) is 605 Å². The van der Waals surface area contributed by atoms with Gasteiger partial charge in [-0.2, -0.15) is 0 Å². The SMILES string of the molecule is CC[C@H](C)[C@@H]([C@@H](CC(=O)N1CCC[C@H]1[C@H](OC)[C@@H](C)C(=O)N[C@H](C)[C@@H](OP(=O)(O)OCc1ccc(NC(=O)[C@H](C)NC(=O)[C@@H](NC(=O)[C@H](CC(=O)O)NC(=O)[C@H](CC(=O)N[C@H]2CCOC2=O)NC(=O)CCOCCOCCOCCOCCNC(=O)[C@H](CNC(=O)CCP(=O)(O)O)N2C(=O)CC(C)C2=O)C(C)C)cc1)c1ccccc1)OC)N(C)C(=O)[C@@H](NC(=O)[C@H](C(C)C)N(C)C)C(C)C. The maximum Gasteiger partial charge on any atom is 0.473 e. The second-order valence-corrected chi connectivity index (χ2v) is 38.5. The molecule has 2 aromatic rings. The minimum absolute atomic E-state index is 0.00913. The zero-order valence-corrected chi connectivity index (χ0v) is 82.5. The molecular formula is C89H142N14O31P2. The van der Waals surface area contributed by atoms with Crippen LogP contribution in [0.5, 0.6) is 0 Å². The van der Waals surface area contributed by atoms with Crippen molar-refractivity contribution in [3.63, 3.8) is 0 Å². The number of rotatable bonds is 62. The Kier molecular flexibility index (Phi) is 49.3. The molecule has 3 aliphatic heterocycles. The molecule has 3 fully saturated rings. The monoisotopic (exact) mass is 1960 g/mol. The number of hydrogen-bond donors (Lipinski definition) is 14. The first-order valence-electron chi connectivity index (χ1n) is 45.7. The van der Waals surface area contributed by atoms with E-state index in [1.54, 1.807) is 61.0 Å². The number of esters is 1. The molecule has 45 nitrogen and oxygen atoms in total. The van der Waals surface area contributed by atoms with E-state index < -0.39 is 240 Å². The Bertz CT molecular complexity index is 4410. The highest BCUT2D eigenvalue weighted by atomic mass is 31.2. The Morgan fingerprint density at radius 1 is 0.610 bits per heavy atom. The van der Waals surface area contributed by atoms with E-state index in [-0.39, 0.29) is 126 Å². The van der Waals surface area contributed by atoms with E-state index in [0.717, 1.165) is 4.90 Å². The van der Waals surface area contributed by atoms with Crippen LogP contribution in [0.15, 0.2) is 54.6 Å². The van der Waals surface area contributed by atoms with Gasteiger partial charge >= 0.3 is 27.4 Å². The fourth-order valence-corrected chi connectivity index (χ4v) is 17.3. The number of imide groups is 1. The van der Waals surface area contributed by atoms with Crippen LogP contribution in [-0.4, -0.2) is 333 Å². The first kappa shape index (κ1) is 117. The third-order valence-electron chi connectivity index (χ3n) is 23.4. The molecule has 47 heteroatoms. The minimum Gasteiger partial charge on any atom is -0.481 e. The number of likely N-dealkylation sites (N-methyl/N-ethyl adjacent to an activating group) is 2. The summed E-state index contributed by atoms with van der Waals surface area (Å²) in [5.41, 5.74) is 0.931. The van der Waals surface area contributed by atoms with Gasteiger partial charge in [0, 0.05) is 78.2 Å². The number of nitrogens with one attached hydrogen (secondary N) is 10. The summed E-state index contributed by atoms with van der Waals surface area (Å²) >= 11 is 0. The Morgan fingerprint density at radius 3 is 1.75 bits per heavy atom. The van der Waals surface area contributed by atoms with Crippen molar-refractivity contribution in [3.05, 3.63) is 65.7 Å². The smallest absolute Gasteiger partial charge is 0.473 e. The average Bonchev–Trinajstić information content (AvgIpc) is 1.52. The van der Waals surface area contributed by atoms with Crippen molar-refractivity contribution in [2.24, 2.45) is 35.5 Å². The number of carboxylic acids is 1. The largest absolute Gasteiger partial charge is 0.481 e. The van der Waals surface area contributed by atoms with Crippen molar-refractivity contribution in [2.75, 3.05) is 126 Å². The molecular weight excluding hydrogens is 1820 g/mol. The molecule has 0 spiro atoms. The zero-order chi connectivity index (χ0) is 102. The Morgan fingerprint density at radius 2 is 1.21 bits per heavy atom. The van der Waals surface area contributed by atoms with Gasteiger partial charge < -0.3 is 116 Å². The second-order valence-electron chi connectivity index (χ2n) is 35.3. The molecule has 2 aromatic carbocycles. The predicted molar refractivity (Wildman–Crippen MR) is 490 cm³/mol. The minimum atomic E-state index is -5.00. The van der Waals surface area contributed by atoms with Gasteiger partial charge in [0.1, 0.15) is 48.4 Å². The number of cyclic esters (lactones) is 1. The summed E-state index contributed by atoms with van der Waals surface area (Å²) in [6.45, 7) is 20.1. The van der Waals surface area contributed by atoms with Crippen molar-refractivity contribution >= 4 is 116 Å². The molecule has 3 saturated heterocycles. The summed E-state index contributed by atoms with van der Waals surface area (Å²) in [4.78, 5) is 250. The van der Waals surface area contributed by atoms with E-state index in [2.05, 4.69) is 53.2 Å². The summed E-state index contributed by atoms with van der Waals surface area (Å²) in [7, 11) is -1.25. The van der Waals surface area contributed by atoms with Crippen LogP contribution in [0.25, 0.3) is 0 Å².